The number of allylic oxidation sites excluding steroid dienone is 1. The van der Waals surface area contributed by atoms with Crippen LogP contribution in [0.25, 0.3) is 33.4 Å². The van der Waals surface area contributed by atoms with E-state index in [-0.39, 0.29) is 23.8 Å². The van der Waals surface area contributed by atoms with Crippen molar-refractivity contribution in [3.8, 4) is 22.5 Å². The molecule has 1 aromatic heterocycles. The number of carbonyl (C=O) groups is 1. The van der Waals surface area contributed by atoms with E-state index in [9.17, 15) is 17.6 Å². The highest BCUT2D eigenvalue weighted by Crippen LogP contribution is 2.41. The van der Waals surface area contributed by atoms with Crippen LogP contribution in [-0.2, 0) is 10.0 Å². The number of furan rings is 1. The van der Waals surface area contributed by atoms with Crippen LogP contribution in [0.15, 0.2) is 82.8 Å². The number of rotatable bonds is 7. The number of amides is 1. The van der Waals surface area contributed by atoms with Crippen LogP contribution < -0.4 is 9.62 Å². The third-order valence-electron chi connectivity index (χ3n) is 5.79. The molecule has 0 aliphatic rings. The Balaban J connectivity index is 2.08. The van der Waals surface area contributed by atoms with Gasteiger partial charge in [0.05, 0.1) is 24.1 Å². The van der Waals surface area contributed by atoms with Crippen LogP contribution in [0, 0.1) is 5.82 Å². The van der Waals surface area contributed by atoms with E-state index in [2.05, 4.69) is 5.32 Å². The molecule has 6 nitrogen and oxygen atoms in total. The maximum Gasteiger partial charge on any atom is 0.255 e. The standard InChI is InChI=1S/C28H27FN2O4S/c1-18(2)14-15-31(36(4,33)34)24-17-25-23(16-22(24)19-8-6-5-7-9-19)26(28(32)30-3)27(35-25)20-10-12-21(29)13-11-20/h5-14,16-17H,15H2,1-4H3,(H,30,32). The van der Waals surface area contributed by atoms with Crippen molar-refractivity contribution < 1.29 is 22.0 Å². The first-order chi connectivity index (χ1) is 17.1. The van der Waals surface area contributed by atoms with E-state index in [0.717, 1.165) is 17.4 Å². The molecule has 0 spiro atoms. The SMILES string of the molecule is CNC(=O)c1c(-c2ccc(F)cc2)oc2cc(N(CC=C(C)C)S(C)(=O)=O)c(-c3ccccc3)cc12. The van der Waals surface area contributed by atoms with Gasteiger partial charge in [0.15, 0.2) is 0 Å². The minimum atomic E-state index is -3.67. The predicted molar refractivity (Wildman–Crippen MR) is 142 cm³/mol. The summed E-state index contributed by atoms with van der Waals surface area (Å²) in [4.78, 5) is 13.0. The minimum absolute atomic E-state index is 0.139. The molecule has 36 heavy (non-hydrogen) atoms. The van der Waals surface area contributed by atoms with E-state index < -0.39 is 15.8 Å². The quantitative estimate of drug-likeness (QED) is 0.312. The number of hydrogen-bond donors (Lipinski definition) is 1. The van der Waals surface area contributed by atoms with Crippen LogP contribution >= 0.6 is 0 Å². The monoisotopic (exact) mass is 506 g/mol. The second-order valence-corrected chi connectivity index (χ2v) is 10.6. The fraction of sp³-hybridized carbons (Fsp3) is 0.179. The summed E-state index contributed by atoms with van der Waals surface area (Å²) in [6, 6.07) is 18.5. The zero-order valence-electron chi connectivity index (χ0n) is 20.5. The summed E-state index contributed by atoms with van der Waals surface area (Å²) < 4.78 is 46.9. The first kappa shape index (κ1) is 25.2. The Hall–Kier alpha value is -3.91. The number of halogens is 1. The number of hydrogen-bond acceptors (Lipinski definition) is 4. The van der Waals surface area contributed by atoms with E-state index in [4.69, 9.17) is 4.42 Å². The Labute approximate surface area is 210 Å². The normalized spacial score (nSPS) is 11.4. The molecular weight excluding hydrogens is 479 g/mol. The fourth-order valence-corrected chi connectivity index (χ4v) is 4.87. The lowest BCUT2D eigenvalue weighted by Crippen LogP contribution is -2.30. The summed E-state index contributed by atoms with van der Waals surface area (Å²) in [5.41, 5.74) is 3.98. The van der Waals surface area contributed by atoms with Crippen molar-refractivity contribution in [3.63, 3.8) is 0 Å². The van der Waals surface area contributed by atoms with Crippen molar-refractivity contribution in [2.45, 2.75) is 13.8 Å². The summed E-state index contributed by atoms with van der Waals surface area (Å²) in [7, 11) is -2.15. The maximum atomic E-state index is 13.6. The highest BCUT2D eigenvalue weighted by atomic mass is 32.2. The second-order valence-electron chi connectivity index (χ2n) is 8.70. The van der Waals surface area contributed by atoms with Gasteiger partial charge in [0, 0.05) is 29.6 Å². The molecule has 0 atom stereocenters. The number of sulfonamides is 1. The maximum absolute atomic E-state index is 13.6. The number of fused-ring (bicyclic) bond motifs is 1. The Morgan fingerprint density at radius 1 is 1.03 bits per heavy atom. The minimum Gasteiger partial charge on any atom is -0.455 e. The van der Waals surface area contributed by atoms with E-state index >= 15 is 0 Å². The molecule has 186 valence electrons. The Morgan fingerprint density at radius 2 is 1.69 bits per heavy atom. The predicted octanol–water partition coefficient (Wildman–Crippen LogP) is 6.00. The number of anilines is 1. The molecule has 4 rings (SSSR count). The molecule has 4 aromatic rings. The van der Waals surface area contributed by atoms with E-state index in [1.54, 1.807) is 12.1 Å². The molecule has 0 aliphatic carbocycles. The lowest BCUT2D eigenvalue weighted by Gasteiger charge is -2.24. The number of benzene rings is 3. The van der Waals surface area contributed by atoms with Crippen LogP contribution in [0.3, 0.4) is 0 Å². The van der Waals surface area contributed by atoms with Gasteiger partial charge in [0.25, 0.3) is 5.91 Å². The molecule has 0 aliphatic heterocycles. The van der Waals surface area contributed by atoms with Gasteiger partial charge in [0.2, 0.25) is 10.0 Å². The molecule has 0 radical (unpaired) electrons. The highest BCUT2D eigenvalue weighted by molar-refractivity contribution is 7.92. The molecule has 0 bridgehead atoms. The van der Waals surface area contributed by atoms with Crippen molar-refractivity contribution in [1.29, 1.82) is 0 Å². The van der Waals surface area contributed by atoms with Crippen molar-refractivity contribution in [3.05, 3.63) is 89.8 Å². The molecule has 0 saturated carbocycles. The van der Waals surface area contributed by atoms with Gasteiger partial charge in [-0.05, 0) is 49.7 Å². The third kappa shape index (κ3) is 5.04. The van der Waals surface area contributed by atoms with Crippen LogP contribution in [0.1, 0.15) is 24.2 Å². The van der Waals surface area contributed by atoms with Crippen LogP contribution in [-0.4, -0.2) is 34.2 Å². The molecule has 1 heterocycles. The van der Waals surface area contributed by atoms with Crippen molar-refractivity contribution in [2.75, 3.05) is 24.2 Å². The van der Waals surface area contributed by atoms with E-state index in [0.29, 0.717) is 27.8 Å². The smallest absolute Gasteiger partial charge is 0.255 e. The van der Waals surface area contributed by atoms with Crippen molar-refractivity contribution in [2.24, 2.45) is 0 Å². The zero-order valence-corrected chi connectivity index (χ0v) is 21.3. The molecule has 0 saturated heterocycles. The van der Waals surface area contributed by atoms with Crippen LogP contribution in [0.2, 0.25) is 0 Å². The summed E-state index contributed by atoms with van der Waals surface area (Å²) in [6.07, 6.45) is 2.99. The number of nitrogens with zero attached hydrogens (tertiary/aromatic N) is 1. The first-order valence-electron chi connectivity index (χ1n) is 11.3. The molecule has 8 heteroatoms. The Kier molecular flexibility index (Phi) is 6.99. The van der Waals surface area contributed by atoms with Gasteiger partial charge in [-0.3, -0.25) is 9.10 Å². The molecule has 0 fully saturated rings. The van der Waals surface area contributed by atoms with Gasteiger partial charge in [-0.25, -0.2) is 12.8 Å². The van der Waals surface area contributed by atoms with Crippen LogP contribution in [0.4, 0.5) is 10.1 Å². The van der Waals surface area contributed by atoms with Crippen LogP contribution in [0.5, 0.6) is 0 Å². The molecular formula is C28H27FN2O4S. The molecule has 1 N–H and O–H groups in total. The Bertz CT molecular complexity index is 1550. The lowest BCUT2D eigenvalue weighted by molar-refractivity contribution is 0.0964. The van der Waals surface area contributed by atoms with Gasteiger partial charge in [0.1, 0.15) is 17.2 Å². The fourth-order valence-electron chi connectivity index (χ4n) is 4.02. The Morgan fingerprint density at radius 3 is 2.28 bits per heavy atom. The topological polar surface area (TPSA) is 79.6 Å². The largest absolute Gasteiger partial charge is 0.455 e. The molecule has 0 unspecified atom stereocenters. The van der Waals surface area contributed by atoms with Gasteiger partial charge < -0.3 is 9.73 Å². The average molecular weight is 507 g/mol. The highest BCUT2D eigenvalue weighted by Gasteiger charge is 2.27. The lowest BCUT2D eigenvalue weighted by atomic mass is 9.98. The van der Waals surface area contributed by atoms with E-state index in [1.807, 2.05) is 50.3 Å². The third-order valence-corrected chi connectivity index (χ3v) is 6.93. The van der Waals surface area contributed by atoms with E-state index in [1.165, 1.54) is 35.6 Å². The number of carbonyl (C=O) groups excluding carboxylic acids is 1. The summed E-state index contributed by atoms with van der Waals surface area (Å²) in [5, 5.41) is 3.17. The molecule has 3 aromatic carbocycles. The zero-order chi connectivity index (χ0) is 26.0. The summed E-state index contributed by atoms with van der Waals surface area (Å²) in [6.45, 7) is 3.94. The summed E-state index contributed by atoms with van der Waals surface area (Å²) in [5.74, 6) is -0.506. The van der Waals surface area contributed by atoms with Crippen molar-refractivity contribution >= 4 is 32.6 Å². The van der Waals surface area contributed by atoms with Crippen molar-refractivity contribution in [1.82, 2.24) is 5.32 Å². The van der Waals surface area contributed by atoms with Gasteiger partial charge in [-0.2, -0.15) is 0 Å². The average Bonchev–Trinajstić information content (AvgIpc) is 3.21. The van der Waals surface area contributed by atoms with Gasteiger partial charge in [-0.15, -0.1) is 0 Å². The summed E-state index contributed by atoms with van der Waals surface area (Å²) >= 11 is 0. The first-order valence-corrected chi connectivity index (χ1v) is 13.2. The van der Waals surface area contributed by atoms with Gasteiger partial charge in [-0.1, -0.05) is 42.0 Å². The molecule has 1 amide bonds. The van der Waals surface area contributed by atoms with Gasteiger partial charge >= 0.3 is 0 Å². The second kappa shape index (κ2) is 9.99. The number of nitrogens with one attached hydrogen (secondary N) is 1.